The van der Waals surface area contributed by atoms with Crippen LogP contribution in [0.4, 0.5) is 4.39 Å². The first kappa shape index (κ1) is 26.6. The largest absolute Gasteiger partial charge is 0.486 e. The monoisotopic (exact) mass is 508 g/mol. The van der Waals surface area contributed by atoms with Crippen molar-refractivity contribution >= 4 is 11.8 Å². The average molecular weight is 509 g/mol. The standard InChI is InChI=1S/C29H33FN2O5/c1-2-3-4-5-14-25(34)32(18-19-10-6-8-12-22(19)30)23-17-21(29(36)31-15-16-33)26-20-11-7-9-13-24(20)37-28(26)27(23)35/h2,6-13,17,23,26-28,33,35H,1,3-5,14-16,18H2,(H,31,36). The van der Waals surface area contributed by atoms with Crippen molar-refractivity contribution in [3.63, 3.8) is 0 Å². The first-order valence-corrected chi connectivity index (χ1v) is 12.6. The summed E-state index contributed by atoms with van der Waals surface area (Å²) < 4.78 is 20.7. The van der Waals surface area contributed by atoms with Gasteiger partial charge < -0.3 is 25.2 Å². The summed E-state index contributed by atoms with van der Waals surface area (Å²) in [5.41, 5.74) is 1.43. The van der Waals surface area contributed by atoms with Crippen LogP contribution in [0.1, 0.15) is 42.7 Å². The molecular weight excluding hydrogens is 475 g/mol. The second-order valence-corrected chi connectivity index (χ2v) is 9.33. The lowest BCUT2D eigenvalue weighted by molar-refractivity contribution is -0.138. The third-order valence-corrected chi connectivity index (χ3v) is 6.90. The molecule has 1 aliphatic carbocycles. The van der Waals surface area contributed by atoms with Gasteiger partial charge in [0.05, 0.1) is 18.6 Å². The van der Waals surface area contributed by atoms with E-state index >= 15 is 0 Å². The molecule has 7 nitrogen and oxygen atoms in total. The molecule has 2 aromatic carbocycles. The number of ether oxygens (including phenoxy) is 1. The third kappa shape index (κ3) is 5.76. The lowest BCUT2D eigenvalue weighted by Gasteiger charge is -2.41. The van der Waals surface area contributed by atoms with Crippen LogP contribution in [0.5, 0.6) is 5.75 Å². The number of hydrogen-bond donors (Lipinski definition) is 3. The van der Waals surface area contributed by atoms with Gasteiger partial charge in [-0.05, 0) is 37.5 Å². The van der Waals surface area contributed by atoms with E-state index in [4.69, 9.17) is 4.74 Å². The molecule has 4 rings (SSSR count). The highest BCUT2D eigenvalue weighted by Gasteiger charge is 2.50. The molecule has 0 fully saturated rings. The molecule has 1 aliphatic heterocycles. The number of benzene rings is 2. The molecule has 0 saturated heterocycles. The van der Waals surface area contributed by atoms with Crippen LogP contribution in [-0.4, -0.2) is 58.3 Å². The number of fused-ring (bicyclic) bond motifs is 3. The second kappa shape index (κ2) is 12.2. The number of carbonyl (C=O) groups is 2. The molecule has 8 heteroatoms. The molecule has 2 amide bonds. The number of para-hydroxylation sites is 1. The van der Waals surface area contributed by atoms with Crippen LogP contribution in [0.2, 0.25) is 0 Å². The van der Waals surface area contributed by atoms with Gasteiger partial charge in [-0.2, -0.15) is 0 Å². The molecule has 0 bridgehead atoms. The first-order chi connectivity index (χ1) is 18.0. The van der Waals surface area contributed by atoms with Crippen LogP contribution in [0.25, 0.3) is 0 Å². The van der Waals surface area contributed by atoms with Crippen LogP contribution >= 0.6 is 0 Å². The number of aliphatic hydroxyl groups is 2. The van der Waals surface area contributed by atoms with Crippen molar-refractivity contribution in [3.8, 4) is 5.75 Å². The maximum atomic E-state index is 14.6. The summed E-state index contributed by atoms with van der Waals surface area (Å²) in [5.74, 6) is -1.10. The topological polar surface area (TPSA) is 99.1 Å². The van der Waals surface area contributed by atoms with Gasteiger partial charge >= 0.3 is 0 Å². The summed E-state index contributed by atoms with van der Waals surface area (Å²) in [7, 11) is 0. The number of rotatable bonds is 11. The number of nitrogens with one attached hydrogen (secondary N) is 1. The van der Waals surface area contributed by atoms with E-state index in [0.29, 0.717) is 23.3 Å². The van der Waals surface area contributed by atoms with Gasteiger partial charge in [-0.15, -0.1) is 6.58 Å². The number of amides is 2. The SMILES string of the molecule is C=CCCCCC(=O)N(Cc1ccccc1F)C1C=C(C(=O)NCCO)C2c3ccccc3OC2C1O. The van der Waals surface area contributed by atoms with E-state index in [0.717, 1.165) is 18.4 Å². The molecule has 4 atom stereocenters. The number of nitrogens with zero attached hydrogens (tertiary/aromatic N) is 1. The average Bonchev–Trinajstić information content (AvgIpc) is 3.30. The quantitative estimate of drug-likeness (QED) is 0.320. The van der Waals surface area contributed by atoms with Gasteiger partial charge in [-0.1, -0.05) is 42.5 Å². The Morgan fingerprint density at radius 2 is 1.89 bits per heavy atom. The van der Waals surface area contributed by atoms with Crippen LogP contribution in [0.3, 0.4) is 0 Å². The van der Waals surface area contributed by atoms with E-state index < -0.39 is 35.9 Å². The number of hydrogen-bond acceptors (Lipinski definition) is 5. The van der Waals surface area contributed by atoms with E-state index in [1.165, 1.54) is 11.0 Å². The fraction of sp³-hybridized carbons (Fsp3) is 0.379. The Balaban J connectivity index is 1.72. The molecule has 0 spiro atoms. The van der Waals surface area contributed by atoms with Crippen LogP contribution in [0, 0.1) is 5.82 Å². The summed E-state index contributed by atoms with van der Waals surface area (Å²) in [5, 5.41) is 23.4. The number of unbranched alkanes of at least 4 members (excludes halogenated alkanes) is 2. The van der Waals surface area contributed by atoms with E-state index in [9.17, 15) is 24.2 Å². The molecule has 1 heterocycles. The lowest BCUT2D eigenvalue weighted by atomic mass is 9.77. The van der Waals surface area contributed by atoms with Crippen molar-refractivity contribution in [2.45, 2.75) is 56.4 Å². The van der Waals surface area contributed by atoms with Crippen LogP contribution < -0.4 is 10.1 Å². The summed E-state index contributed by atoms with van der Waals surface area (Å²) >= 11 is 0. The van der Waals surface area contributed by atoms with Gasteiger partial charge in [0.2, 0.25) is 11.8 Å². The molecule has 0 aromatic heterocycles. The Kier molecular flexibility index (Phi) is 8.74. The fourth-order valence-electron chi connectivity index (χ4n) is 5.07. The van der Waals surface area contributed by atoms with Crippen molar-refractivity contribution in [1.82, 2.24) is 10.2 Å². The maximum Gasteiger partial charge on any atom is 0.247 e. The molecule has 37 heavy (non-hydrogen) atoms. The minimum atomic E-state index is -1.16. The normalized spacial score (nSPS) is 21.8. The maximum absolute atomic E-state index is 14.6. The van der Waals surface area contributed by atoms with Crippen molar-refractivity contribution in [2.75, 3.05) is 13.2 Å². The van der Waals surface area contributed by atoms with Crippen molar-refractivity contribution < 1.29 is 28.9 Å². The Bertz CT molecular complexity index is 1170. The van der Waals surface area contributed by atoms with E-state index in [2.05, 4.69) is 11.9 Å². The zero-order chi connectivity index (χ0) is 26.4. The molecule has 0 radical (unpaired) electrons. The predicted octanol–water partition coefficient (Wildman–Crippen LogP) is 3.22. The van der Waals surface area contributed by atoms with E-state index in [-0.39, 0.29) is 32.0 Å². The van der Waals surface area contributed by atoms with E-state index in [1.54, 1.807) is 36.4 Å². The molecule has 3 N–H and O–H groups in total. The predicted molar refractivity (Wildman–Crippen MR) is 137 cm³/mol. The van der Waals surface area contributed by atoms with Gasteiger partial charge in [0, 0.05) is 36.2 Å². The van der Waals surface area contributed by atoms with Gasteiger partial charge in [-0.3, -0.25) is 9.59 Å². The molecule has 0 saturated carbocycles. The number of carbonyl (C=O) groups excluding carboxylic acids is 2. The zero-order valence-corrected chi connectivity index (χ0v) is 20.7. The van der Waals surface area contributed by atoms with Crippen molar-refractivity contribution in [2.24, 2.45) is 0 Å². The zero-order valence-electron chi connectivity index (χ0n) is 20.7. The van der Waals surface area contributed by atoms with Gasteiger partial charge in [-0.25, -0.2) is 4.39 Å². The highest BCUT2D eigenvalue weighted by molar-refractivity contribution is 5.96. The Morgan fingerprint density at radius 3 is 2.65 bits per heavy atom. The number of allylic oxidation sites excluding steroid dienone is 1. The minimum Gasteiger partial charge on any atom is -0.486 e. The van der Waals surface area contributed by atoms with Crippen molar-refractivity contribution in [1.29, 1.82) is 0 Å². The Labute approximate surface area is 216 Å². The molecular formula is C29H33FN2O5. The lowest BCUT2D eigenvalue weighted by Crippen LogP contribution is -2.55. The van der Waals surface area contributed by atoms with Gasteiger partial charge in [0.25, 0.3) is 0 Å². The highest BCUT2D eigenvalue weighted by atomic mass is 19.1. The smallest absolute Gasteiger partial charge is 0.247 e. The summed E-state index contributed by atoms with van der Waals surface area (Å²) in [6.07, 6.45) is 3.81. The van der Waals surface area contributed by atoms with Crippen LogP contribution in [0.15, 0.2) is 72.8 Å². The fourth-order valence-corrected chi connectivity index (χ4v) is 5.07. The third-order valence-electron chi connectivity index (χ3n) is 6.90. The number of aliphatic hydroxyl groups excluding tert-OH is 2. The number of halogens is 1. The van der Waals surface area contributed by atoms with E-state index in [1.807, 2.05) is 18.2 Å². The highest BCUT2D eigenvalue weighted by Crippen LogP contribution is 2.47. The van der Waals surface area contributed by atoms with Gasteiger partial charge in [0.1, 0.15) is 23.8 Å². The second-order valence-electron chi connectivity index (χ2n) is 9.33. The molecule has 196 valence electrons. The first-order valence-electron chi connectivity index (χ1n) is 12.6. The molecule has 2 aromatic rings. The Hall–Kier alpha value is -3.49. The summed E-state index contributed by atoms with van der Waals surface area (Å²) in [6.45, 7) is 3.47. The summed E-state index contributed by atoms with van der Waals surface area (Å²) in [6, 6.07) is 12.6. The Morgan fingerprint density at radius 1 is 1.14 bits per heavy atom. The van der Waals surface area contributed by atoms with Crippen molar-refractivity contribution in [3.05, 3.63) is 89.8 Å². The molecule has 4 unspecified atom stereocenters. The summed E-state index contributed by atoms with van der Waals surface area (Å²) in [4.78, 5) is 28.1. The van der Waals surface area contributed by atoms with Crippen LogP contribution in [-0.2, 0) is 16.1 Å². The van der Waals surface area contributed by atoms with Gasteiger partial charge in [0.15, 0.2) is 0 Å². The minimum absolute atomic E-state index is 0.0600. The molecule has 2 aliphatic rings.